The van der Waals surface area contributed by atoms with E-state index >= 15 is 0 Å². The minimum atomic E-state index is -0.177. The van der Waals surface area contributed by atoms with Crippen LogP contribution in [-0.4, -0.2) is 47.2 Å². The number of likely N-dealkylation sites (N-methyl/N-ethyl adjacent to an activating group) is 1. The third-order valence-corrected chi connectivity index (χ3v) is 2.44. The van der Waals surface area contributed by atoms with Gasteiger partial charge in [0.15, 0.2) is 0 Å². The van der Waals surface area contributed by atoms with Crippen LogP contribution in [0, 0.1) is 0 Å². The number of nitrogens with one attached hydrogen (secondary N) is 1. The van der Waals surface area contributed by atoms with Crippen LogP contribution in [0.25, 0.3) is 0 Å². The monoisotopic (exact) mass is 255 g/mol. The van der Waals surface area contributed by atoms with E-state index in [1.807, 2.05) is 25.7 Å². The lowest BCUT2D eigenvalue weighted by molar-refractivity contribution is -0.117. The first-order valence-corrected chi connectivity index (χ1v) is 6.12. The number of rotatable bonds is 7. The summed E-state index contributed by atoms with van der Waals surface area (Å²) >= 11 is 0. The molecule has 18 heavy (non-hydrogen) atoms. The van der Waals surface area contributed by atoms with Crippen LogP contribution in [0.15, 0.2) is 4.42 Å². The average molecular weight is 255 g/mol. The molecule has 0 radical (unpaired) electrons. The third-order valence-electron chi connectivity index (χ3n) is 2.44. The van der Waals surface area contributed by atoms with Gasteiger partial charge in [-0.2, -0.15) is 0 Å². The van der Waals surface area contributed by atoms with Crippen molar-refractivity contribution in [2.24, 2.45) is 5.73 Å². The van der Waals surface area contributed by atoms with E-state index in [9.17, 15) is 4.79 Å². The van der Waals surface area contributed by atoms with Gasteiger partial charge in [-0.25, -0.2) is 0 Å². The smallest absolute Gasteiger partial charge is 0.322 e. The van der Waals surface area contributed by atoms with E-state index in [1.54, 1.807) is 0 Å². The quantitative estimate of drug-likeness (QED) is 0.732. The van der Waals surface area contributed by atoms with Crippen molar-refractivity contribution in [2.75, 3.05) is 31.5 Å². The molecule has 3 N–H and O–H groups in total. The first kappa shape index (κ1) is 14.6. The predicted molar refractivity (Wildman–Crippen MR) is 68.2 cm³/mol. The van der Waals surface area contributed by atoms with Crippen LogP contribution in [0.4, 0.5) is 6.01 Å². The molecule has 0 aliphatic carbocycles. The van der Waals surface area contributed by atoms with Crippen LogP contribution in [0.3, 0.4) is 0 Å². The minimum Gasteiger partial charge on any atom is -0.408 e. The van der Waals surface area contributed by atoms with Gasteiger partial charge in [-0.15, -0.1) is 5.10 Å². The summed E-state index contributed by atoms with van der Waals surface area (Å²) in [5.41, 5.74) is 5.46. The standard InChI is InChI=1S/C11H21N5O2/c1-4-16(6-5-12)7-9(17)13-11-15-14-10(18-11)8(2)3/h8H,4-7,12H2,1-3H3,(H,13,15,17). The van der Waals surface area contributed by atoms with Crippen LogP contribution in [-0.2, 0) is 4.79 Å². The molecule has 0 aromatic carbocycles. The van der Waals surface area contributed by atoms with Gasteiger partial charge in [-0.3, -0.25) is 15.0 Å². The molecule has 0 atom stereocenters. The first-order chi connectivity index (χ1) is 8.56. The Balaban J connectivity index is 2.48. The van der Waals surface area contributed by atoms with Gasteiger partial charge in [0.05, 0.1) is 6.54 Å². The number of amides is 1. The van der Waals surface area contributed by atoms with Crippen molar-refractivity contribution in [1.29, 1.82) is 0 Å². The molecule has 0 aliphatic heterocycles. The molecule has 1 rings (SSSR count). The van der Waals surface area contributed by atoms with E-state index in [2.05, 4.69) is 15.5 Å². The molecule has 1 aromatic heterocycles. The second-order valence-electron chi connectivity index (χ2n) is 4.31. The van der Waals surface area contributed by atoms with Crippen molar-refractivity contribution in [3.05, 3.63) is 5.89 Å². The molecule has 7 nitrogen and oxygen atoms in total. The number of aromatic nitrogens is 2. The fraction of sp³-hybridized carbons (Fsp3) is 0.727. The molecular weight excluding hydrogens is 234 g/mol. The van der Waals surface area contributed by atoms with Crippen LogP contribution >= 0.6 is 0 Å². The highest BCUT2D eigenvalue weighted by Gasteiger charge is 2.13. The second kappa shape index (κ2) is 7.07. The van der Waals surface area contributed by atoms with E-state index in [1.165, 1.54) is 0 Å². The van der Waals surface area contributed by atoms with E-state index in [0.29, 0.717) is 19.0 Å². The molecule has 1 amide bonds. The Morgan fingerprint density at radius 1 is 1.50 bits per heavy atom. The Labute approximate surface area is 107 Å². The largest absolute Gasteiger partial charge is 0.408 e. The zero-order chi connectivity index (χ0) is 13.5. The Kier molecular flexibility index (Phi) is 5.73. The van der Waals surface area contributed by atoms with Gasteiger partial charge < -0.3 is 10.2 Å². The number of hydrogen-bond donors (Lipinski definition) is 2. The number of nitrogens with zero attached hydrogens (tertiary/aromatic N) is 3. The molecule has 7 heteroatoms. The Morgan fingerprint density at radius 3 is 2.72 bits per heavy atom. The Bertz CT molecular complexity index is 377. The fourth-order valence-corrected chi connectivity index (χ4v) is 1.41. The van der Waals surface area contributed by atoms with Gasteiger partial charge in [-0.05, 0) is 6.54 Å². The van der Waals surface area contributed by atoms with E-state index in [-0.39, 0.29) is 24.4 Å². The Morgan fingerprint density at radius 2 is 2.22 bits per heavy atom. The number of anilines is 1. The molecule has 102 valence electrons. The second-order valence-corrected chi connectivity index (χ2v) is 4.31. The lowest BCUT2D eigenvalue weighted by Gasteiger charge is -2.17. The van der Waals surface area contributed by atoms with Crippen LogP contribution in [0.5, 0.6) is 0 Å². The van der Waals surface area contributed by atoms with Crippen molar-refractivity contribution in [3.63, 3.8) is 0 Å². The van der Waals surface area contributed by atoms with Crippen molar-refractivity contribution >= 4 is 11.9 Å². The van der Waals surface area contributed by atoms with Gasteiger partial charge in [0, 0.05) is 19.0 Å². The maximum atomic E-state index is 11.7. The van der Waals surface area contributed by atoms with Crippen LogP contribution in [0.1, 0.15) is 32.6 Å². The molecule has 0 aliphatic rings. The van der Waals surface area contributed by atoms with Crippen molar-refractivity contribution < 1.29 is 9.21 Å². The summed E-state index contributed by atoms with van der Waals surface area (Å²) < 4.78 is 5.29. The molecule has 0 spiro atoms. The zero-order valence-electron chi connectivity index (χ0n) is 11.1. The summed E-state index contributed by atoms with van der Waals surface area (Å²) in [6.45, 7) is 8.12. The summed E-state index contributed by atoms with van der Waals surface area (Å²) in [6, 6.07) is 0.146. The maximum Gasteiger partial charge on any atom is 0.322 e. The molecule has 1 aromatic rings. The van der Waals surface area contributed by atoms with Gasteiger partial charge in [0.25, 0.3) is 0 Å². The highest BCUT2D eigenvalue weighted by atomic mass is 16.4. The summed E-state index contributed by atoms with van der Waals surface area (Å²) in [5, 5.41) is 10.2. The molecule has 0 bridgehead atoms. The molecule has 1 heterocycles. The summed E-state index contributed by atoms with van der Waals surface area (Å²) in [4.78, 5) is 13.7. The normalized spacial score (nSPS) is 11.2. The maximum absolute atomic E-state index is 11.7. The fourth-order valence-electron chi connectivity index (χ4n) is 1.41. The molecule has 0 unspecified atom stereocenters. The highest BCUT2D eigenvalue weighted by molar-refractivity contribution is 5.90. The highest BCUT2D eigenvalue weighted by Crippen LogP contribution is 2.14. The number of hydrogen-bond acceptors (Lipinski definition) is 6. The first-order valence-electron chi connectivity index (χ1n) is 6.12. The molecule has 0 saturated heterocycles. The van der Waals surface area contributed by atoms with E-state index in [4.69, 9.17) is 10.2 Å². The van der Waals surface area contributed by atoms with E-state index in [0.717, 1.165) is 6.54 Å². The summed E-state index contributed by atoms with van der Waals surface area (Å²) in [5.74, 6) is 0.483. The predicted octanol–water partition coefficient (Wildman–Crippen LogP) is 0.412. The average Bonchev–Trinajstić information content (AvgIpc) is 2.77. The van der Waals surface area contributed by atoms with Gasteiger partial charge in [0.2, 0.25) is 11.8 Å². The SMILES string of the molecule is CCN(CCN)CC(=O)Nc1nnc(C(C)C)o1. The topological polar surface area (TPSA) is 97.3 Å². The van der Waals surface area contributed by atoms with Gasteiger partial charge in [0.1, 0.15) is 0 Å². The number of carbonyl (C=O) groups is 1. The molecule has 0 fully saturated rings. The van der Waals surface area contributed by atoms with Gasteiger partial charge >= 0.3 is 6.01 Å². The summed E-state index contributed by atoms with van der Waals surface area (Å²) in [7, 11) is 0. The van der Waals surface area contributed by atoms with Crippen molar-refractivity contribution in [3.8, 4) is 0 Å². The lowest BCUT2D eigenvalue weighted by atomic mass is 10.2. The zero-order valence-corrected chi connectivity index (χ0v) is 11.1. The van der Waals surface area contributed by atoms with Gasteiger partial charge in [-0.1, -0.05) is 25.9 Å². The summed E-state index contributed by atoms with van der Waals surface area (Å²) in [6.07, 6.45) is 0. The minimum absolute atomic E-state index is 0.146. The van der Waals surface area contributed by atoms with Crippen molar-refractivity contribution in [1.82, 2.24) is 15.1 Å². The number of carbonyl (C=O) groups excluding carboxylic acids is 1. The lowest BCUT2D eigenvalue weighted by Crippen LogP contribution is -2.36. The Hall–Kier alpha value is -1.47. The van der Waals surface area contributed by atoms with E-state index < -0.39 is 0 Å². The molecule has 0 saturated carbocycles. The number of nitrogens with two attached hydrogens (primary N) is 1. The van der Waals surface area contributed by atoms with Crippen molar-refractivity contribution in [2.45, 2.75) is 26.7 Å². The van der Waals surface area contributed by atoms with Crippen LogP contribution in [0.2, 0.25) is 0 Å². The third kappa shape index (κ3) is 4.42. The molecular formula is C11H21N5O2. The van der Waals surface area contributed by atoms with Crippen LogP contribution < -0.4 is 11.1 Å².